The van der Waals surface area contributed by atoms with Crippen LogP contribution >= 0.6 is 0 Å². The van der Waals surface area contributed by atoms with Gasteiger partial charge in [0.05, 0.1) is 5.57 Å². The molecule has 0 aromatic heterocycles. The minimum Gasteiger partial charge on any atom is -0.504 e. The Morgan fingerprint density at radius 2 is 1.86 bits per heavy atom. The van der Waals surface area contributed by atoms with Gasteiger partial charge in [0.25, 0.3) is 0 Å². The molecular weight excluding hydrogens is 464 g/mol. The fraction of sp³-hybridized carbons (Fsp3) is 0.656. The molecule has 2 unspecified atom stereocenters. The minimum atomic E-state index is -0.708. The quantitative estimate of drug-likeness (QED) is 0.102. The number of hydrogen-bond acceptors (Lipinski definition) is 5. The van der Waals surface area contributed by atoms with Crippen LogP contribution in [0.3, 0.4) is 0 Å². The van der Waals surface area contributed by atoms with Crippen LogP contribution in [0.4, 0.5) is 0 Å². The Morgan fingerprint density at radius 1 is 1.14 bits per heavy atom. The smallest absolute Gasteiger partial charge is 0.342 e. The Hall–Kier alpha value is -2.43. The van der Waals surface area contributed by atoms with E-state index in [1.165, 1.54) is 0 Å². The molecule has 0 radical (unpaired) electrons. The molecule has 1 N–H and O–H groups in total. The van der Waals surface area contributed by atoms with Crippen LogP contribution < -0.4 is 0 Å². The fourth-order valence-electron chi connectivity index (χ4n) is 6.54. The van der Waals surface area contributed by atoms with E-state index in [4.69, 9.17) is 4.74 Å². The van der Waals surface area contributed by atoms with Gasteiger partial charge < -0.3 is 9.84 Å². The fourth-order valence-corrected chi connectivity index (χ4v) is 6.54. The summed E-state index contributed by atoms with van der Waals surface area (Å²) in [6.45, 7) is 14.7. The highest BCUT2D eigenvalue weighted by atomic mass is 16.5. The van der Waals surface area contributed by atoms with Crippen LogP contribution in [0, 0.1) is 23.2 Å². The lowest BCUT2D eigenvalue weighted by atomic mass is 9.71. The zero-order valence-corrected chi connectivity index (χ0v) is 23.5. The summed E-state index contributed by atoms with van der Waals surface area (Å²) < 4.78 is 5.95. The first kappa shape index (κ1) is 29.1. The van der Waals surface area contributed by atoms with E-state index in [-0.39, 0.29) is 40.6 Å². The van der Waals surface area contributed by atoms with Crippen LogP contribution in [0.25, 0.3) is 0 Å². The van der Waals surface area contributed by atoms with Gasteiger partial charge in [-0.2, -0.15) is 0 Å². The summed E-state index contributed by atoms with van der Waals surface area (Å²) in [5.74, 6) is -2.50. The van der Waals surface area contributed by atoms with Crippen molar-refractivity contribution in [2.45, 2.75) is 111 Å². The summed E-state index contributed by atoms with van der Waals surface area (Å²) in [6, 6.07) is 0. The van der Waals surface area contributed by atoms with Gasteiger partial charge in [0.1, 0.15) is 11.7 Å². The molecule has 3 aliphatic carbocycles. The second kappa shape index (κ2) is 12.4. The van der Waals surface area contributed by atoms with Gasteiger partial charge in [-0.15, -0.1) is 6.58 Å². The average Bonchev–Trinajstić information content (AvgIpc) is 3.32. The Morgan fingerprint density at radius 3 is 2.51 bits per heavy atom. The third kappa shape index (κ3) is 6.35. The second-order valence-electron chi connectivity index (χ2n) is 12.0. The predicted octanol–water partition coefficient (Wildman–Crippen LogP) is 7.52. The molecule has 1 fully saturated rings. The third-order valence-electron chi connectivity index (χ3n) is 8.84. The number of carbonyl (C=O) groups excluding carboxylic acids is 3. The van der Waals surface area contributed by atoms with Crippen molar-refractivity contribution >= 4 is 17.5 Å². The van der Waals surface area contributed by atoms with Crippen molar-refractivity contribution in [1.29, 1.82) is 0 Å². The second-order valence-corrected chi connectivity index (χ2v) is 12.0. The summed E-state index contributed by atoms with van der Waals surface area (Å²) >= 11 is 0. The van der Waals surface area contributed by atoms with E-state index in [0.717, 1.165) is 63.4 Å². The van der Waals surface area contributed by atoms with E-state index in [0.29, 0.717) is 12.3 Å². The standard InChI is InChI=1S/C32H46O5/c1-7-10-11-12-24-27(31(36)37-23-16-15-22(19-23)32(5,6)17-8-2)29(34)26(30(35)28(24)33)25-18-20(4)13-14-21(25)9-3/h9,18,21-23,25,35H,3,7-8,10-17,19H2,1-2,4-6H3/t21-,22?,23?,25-/m1/s1. The topological polar surface area (TPSA) is 80.7 Å². The number of allylic oxidation sites excluding steroid dienone is 5. The van der Waals surface area contributed by atoms with E-state index < -0.39 is 29.2 Å². The molecule has 1 saturated carbocycles. The molecule has 0 heterocycles. The van der Waals surface area contributed by atoms with Crippen molar-refractivity contribution in [2.75, 3.05) is 0 Å². The number of aliphatic hydroxyl groups is 1. The molecule has 3 rings (SSSR count). The van der Waals surface area contributed by atoms with Gasteiger partial charge in [-0.3, -0.25) is 9.59 Å². The molecule has 0 aromatic rings. The van der Waals surface area contributed by atoms with Crippen LogP contribution in [-0.4, -0.2) is 28.7 Å². The first-order chi connectivity index (χ1) is 17.5. The maximum atomic E-state index is 13.9. The molecule has 0 aliphatic heterocycles. The van der Waals surface area contributed by atoms with Crippen molar-refractivity contribution in [1.82, 2.24) is 0 Å². The summed E-state index contributed by atoms with van der Waals surface area (Å²) in [4.78, 5) is 40.9. The lowest BCUT2D eigenvalue weighted by Crippen LogP contribution is -2.35. The van der Waals surface area contributed by atoms with E-state index in [1.54, 1.807) is 6.08 Å². The molecule has 5 nitrogen and oxygen atoms in total. The number of ketones is 2. The number of Topliss-reactive ketones (excluding diaryl/α,β-unsaturated/α-hetero) is 2. The maximum absolute atomic E-state index is 13.9. The largest absolute Gasteiger partial charge is 0.504 e. The molecule has 3 aliphatic rings. The number of hydrogen-bond donors (Lipinski definition) is 1. The molecule has 5 heteroatoms. The van der Waals surface area contributed by atoms with Crippen molar-refractivity contribution < 1.29 is 24.2 Å². The van der Waals surface area contributed by atoms with Crippen LogP contribution in [0.2, 0.25) is 0 Å². The molecular formula is C32H46O5. The van der Waals surface area contributed by atoms with Crippen molar-refractivity contribution in [3.63, 3.8) is 0 Å². The summed E-state index contributed by atoms with van der Waals surface area (Å²) in [5.41, 5.74) is 1.23. The van der Waals surface area contributed by atoms with Gasteiger partial charge in [-0.25, -0.2) is 4.79 Å². The molecule has 4 atom stereocenters. The Kier molecular flexibility index (Phi) is 9.77. The van der Waals surface area contributed by atoms with Crippen LogP contribution in [0.1, 0.15) is 105 Å². The predicted molar refractivity (Wildman–Crippen MR) is 147 cm³/mol. The van der Waals surface area contributed by atoms with Crippen LogP contribution in [0.5, 0.6) is 0 Å². The molecule has 37 heavy (non-hydrogen) atoms. The molecule has 0 spiro atoms. The normalized spacial score (nSPS) is 27.0. The third-order valence-corrected chi connectivity index (χ3v) is 8.84. The average molecular weight is 511 g/mol. The van der Waals surface area contributed by atoms with Gasteiger partial charge in [0.2, 0.25) is 11.6 Å². The summed E-state index contributed by atoms with van der Waals surface area (Å²) in [7, 11) is 0. The first-order valence-electron chi connectivity index (χ1n) is 14.3. The first-order valence-corrected chi connectivity index (χ1v) is 14.3. The highest BCUT2D eigenvalue weighted by Crippen LogP contribution is 2.44. The summed E-state index contributed by atoms with van der Waals surface area (Å²) in [5, 5.41) is 11.0. The molecule has 0 amide bonds. The Labute approximate surface area is 223 Å². The number of aliphatic hydroxyl groups excluding tert-OH is 1. The van der Waals surface area contributed by atoms with E-state index in [2.05, 4.69) is 34.3 Å². The minimum absolute atomic E-state index is 0.0218. The van der Waals surface area contributed by atoms with Crippen LogP contribution in [0.15, 0.2) is 46.8 Å². The molecule has 204 valence electrons. The van der Waals surface area contributed by atoms with E-state index >= 15 is 0 Å². The zero-order valence-electron chi connectivity index (χ0n) is 23.5. The molecule has 0 aromatic carbocycles. The lowest BCUT2D eigenvalue weighted by molar-refractivity contribution is -0.145. The highest BCUT2D eigenvalue weighted by molar-refractivity contribution is 6.34. The van der Waals surface area contributed by atoms with Gasteiger partial charge in [0, 0.05) is 11.5 Å². The van der Waals surface area contributed by atoms with Gasteiger partial charge in [0.15, 0.2) is 5.76 Å². The van der Waals surface area contributed by atoms with Gasteiger partial charge in [-0.05, 0) is 75.5 Å². The van der Waals surface area contributed by atoms with Crippen LogP contribution in [-0.2, 0) is 19.1 Å². The van der Waals surface area contributed by atoms with Crippen molar-refractivity contribution in [2.24, 2.45) is 23.2 Å². The van der Waals surface area contributed by atoms with E-state index in [9.17, 15) is 19.5 Å². The monoisotopic (exact) mass is 510 g/mol. The molecule has 0 saturated heterocycles. The number of ether oxygens (including phenoxy) is 1. The van der Waals surface area contributed by atoms with Crippen molar-refractivity contribution in [3.05, 3.63) is 46.8 Å². The Bertz CT molecular complexity index is 1010. The van der Waals surface area contributed by atoms with Crippen molar-refractivity contribution in [3.8, 4) is 0 Å². The van der Waals surface area contributed by atoms with Gasteiger partial charge >= 0.3 is 5.97 Å². The highest BCUT2D eigenvalue weighted by Gasteiger charge is 2.44. The SMILES string of the molecule is C=C[C@@H]1CCC(C)=C[C@H]1C1=C(O)C(=O)C(CCCCC)=C(C(=O)OC2CCC(C(C)(C)CCC)C2)C1=O. The lowest BCUT2D eigenvalue weighted by Gasteiger charge is -2.32. The summed E-state index contributed by atoms with van der Waals surface area (Å²) in [6.07, 6.45) is 12.6. The number of unbranched alkanes of at least 4 members (excludes halogenated alkanes) is 2. The number of rotatable bonds is 11. The Balaban J connectivity index is 1.92. The number of carbonyl (C=O) groups is 3. The zero-order chi connectivity index (χ0) is 27.3. The number of esters is 1. The molecule has 0 bridgehead atoms. The van der Waals surface area contributed by atoms with E-state index in [1.807, 2.05) is 13.0 Å². The van der Waals surface area contributed by atoms with Gasteiger partial charge in [-0.1, -0.05) is 64.7 Å². The maximum Gasteiger partial charge on any atom is 0.342 e.